The van der Waals surface area contributed by atoms with E-state index in [0.29, 0.717) is 23.1 Å². The van der Waals surface area contributed by atoms with E-state index in [2.05, 4.69) is 10.1 Å². The van der Waals surface area contributed by atoms with E-state index in [1.54, 1.807) is 47.5 Å². The first kappa shape index (κ1) is 13.2. The van der Waals surface area contributed by atoms with Crippen LogP contribution in [0.1, 0.15) is 15.9 Å². The Kier molecular flexibility index (Phi) is 3.31. The predicted molar refractivity (Wildman–Crippen MR) is 76.9 cm³/mol. The van der Waals surface area contributed by atoms with Crippen LogP contribution in [0.3, 0.4) is 0 Å². The average Bonchev–Trinajstić information content (AvgIpc) is 2.94. The Morgan fingerprint density at radius 2 is 1.95 bits per heavy atom. The maximum absolute atomic E-state index is 14.0. The molecular weight excluding hydrogens is 269 g/mol. The zero-order chi connectivity index (χ0) is 14.8. The average molecular weight is 281 g/mol. The number of nitrogens with zero attached hydrogens (tertiary/aromatic N) is 3. The van der Waals surface area contributed by atoms with Gasteiger partial charge in [0.2, 0.25) is 0 Å². The van der Waals surface area contributed by atoms with Gasteiger partial charge >= 0.3 is 0 Å². The van der Waals surface area contributed by atoms with Gasteiger partial charge in [0.15, 0.2) is 6.29 Å². The van der Waals surface area contributed by atoms with Gasteiger partial charge in [-0.2, -0.15) is 5.10 Å². The number of carbonyl (C=O) groups is 1. The molecule has 3 rings (SSSR count). The molecule has 2 aromatic heterocycles. The molecule has 0 N–H and O–H groups in total. The van der Waals surface area contributed by atoms with Crippen LogP contribution in [-0.4, -0.2) is 21.1 Å². The molecule has 0 atom stereocenters. The molecule has 1 aromatic carbocycles. The molecule has 4 nitrogen and oxygen atoms in total. The summed E-state index contributed by atoms with van der Waals surface area (Å²) in [4.78, 5) is 15.2. The number of rotatable bonds is 3. The van der Waals surface area contributed by atoms with E-state index >= 15 is 0 Å². The molecule has 3 aromatic rings. The molecule has 0 saturated carbocycles. The highest BCUT2D eigenvalue weighted by molar-refractivity contribution is 5.85. The molecule has 104 valence electrons. The van der Waals surface area contributed by atoms with Crippen LogP contribution in [0.5, 0.6) is 0 Å². The maximum Gasteiger partial charge on any atom is 0.153 e. The molecule has 0 aliphatic heterocycles. The standard InChI is InChI=1S/C16H12FN3O/c1-11-2-3-15(17)14(8-11)16-12(10-21)9-20(19-16)13-4-6-18-7-5-13/h2-10H,1H3. The largest absolute Gasteiger partial charge is 0.298 e. The summed E-state index contributed by atoms with van der Waals surface area (Å²) in [5.41, 5.74) is 2.67. The number of halogens is 1. The summed E-state index contributed by atoms with van der Waals surface area (Å²) in [5.74, 6) is -0.399. The fourth-order valence-corrected chi connectivity index (χ4v) is 2.13. The lowest BCUT2D eigenvalue weighted by molar-refractivity contribution is 0.112. The molecular formula is C16H12FN3O. The Morgan fingerprint density at radius 1 is 1.19 bits per heavy atom. The van der Waals surface area contributed by atoms with Crippen LogP contribution in [0.2, 0.25) is 0 Å². The van der Waals surface area contributed by atoms with Crippen LogP contribution < -0.4 is 0 Å². The minimum absolute atomic E-state index is 0.324. The first-order valence-corrected chi connectivity index (χ1v) is 6.41. The lowest BCUT2D eigenvalue weighted by atomic mass is 10.1. The van der Waals surface area contributed by atoms with Crippen molar-refractivity contribution < 1.29 is 9.18 Å². The molecule has 5 heteroatoms. The van der Waals surface area contributed by atoms with Gasteiger partial charge in [-0.05, 0) is 31.2 Å². The highest BCUT2D eigenvalue weighted by Gasteiger charge is 2.15. The Labute approximate surface area is 120 Å². The van der Waals surface area contributed by atoms with Gasteiger partial charge in [0.05, 0.1) is 11.3 Å². The Bertz CT molecular complexity index is 797. The van der Waals surface area contributed by atoms with Crippen LogP contribution in [0.4, 0.5) is 4.39 Å². The summed E-state index contributed by atoms with van der Waals surface area (Å²) in [6, 6.07) is 8.27. The molecule has 0 spiro atoms. The van der Waals surface area contributed by atoms with Gasteiger partial charge in [-0.1, -0.05) is 11.6 Å². The van der Waals surface area contributed by atoms with Crippen LogP contribution in [0.25, 0.3) is 16.9 Å². The number of pyridine rings is 1. The fourth-order valence-electron chi connectivity index (χ4n) is 2.13. The number of aldehydes is 1. The van der Waals surface area contributed by atoms with Crippen molar-refractivity contribution in [1.82, 2.24) is 14.8 Å². The monoisotopic (exact) mass is 281 g/mol. The summed E-state index contributed by atoms with van der Waals surface area (Å²) in [7, 11) is 0. The number of aryl methyl sites for hydroxylation is 1. The van der Waals surface area contributed by atoms with Gasteiger partial charge in [0.1, 0.15) is 11.5 Å². The summed E-state index contributed by atoms with van der Waals surface area (Å²) in [6.07, 6.45) is 5.52. The third-order valence-corrected chi connectivity index (χ3v) is 3.17. The van der Waals surface area contributed by atoms with E-state index < -0.39 is 5.82 Å². The third-order valence-electron chi connectivity index (χ3n) is 3.17. The summed E-state index contributed by atoms with van der Waals surface area (Å²) in [5, 5.41) is 4.34. The van der Waals surface area contributed by atoms with Crippen molar-refractivity contribution in [2.75, 3.05) is 0 Å². The third kappa shape index (κ3) is 2.45. The van der Waals surface area contributed by atoms with Crippen LogP contribution in [0, 0.1) is 12.7 Å². The topological polar surface area (TPSA) is 47.8 Å². The maximum atomic E-state index is 14.0. The lowest BCUT2D eigenvalue weighted by Crippen LogP contribution is -1.95. The summed E-state index contributed by atoms with van der Waals surface area (Å²) >= 11 is 0. The summed E-state index contributed by atoms with van der Waals surface area (Å²) < 4.78 is 15.6. The van der Waals surface area contributed by atoms with Crippen LogP contribution in [-0.2, 0) is 0 Å². The number of hydrogen-bond acceptors (Lipinski definition) is 3. The second kappa shape index (κ2) is 5.28. The van der Waals surface area contributed by atoms with Gasteiger partial charge in [-0.15, -0.1) is 0 Å². The first-order valence-electron chi connectivity index (χ1n) is 6.41. The normalized spacial score (nSPS) is 10.6. The van der Waals surface area contributed by atoms with Gasteiger partial charge < -0.3 is 0 Å². The van der Waals surface area contributed by atoms with Crippen molar-refractivity contribution in [1.29, 1.82) is 0 Å². The van der Waals surface area contributed by atoms with Gasteiger partial charge in [0, 0.05) is 24.2 Å². The Balaban J connectivity index is 2.17. The van der Waals surface area contributed by atoms with E-state index in [0.717, 1.165) is 11.3 Å². The molecule has 0 unspecified atom stereocenters. The van der Waals surface area contributed by atoms with Gasteiger partial charge in [0.25, 0.3) is 0 Å². The first-order chi connectivity index (χ1) is 10.2. The quantitative estimate of drug-likeness (QED) is 0.693. The van der Waals surface area contributed by atoms with Crippen molar-refractivity contribution >= 4 is 6.29 Å². The minimum Gasteiger partial charge on any atom is -0.298 e. The highest BCUT2D eigenvalue weighted by Crippen LogP contribution is 2.26. The van der Waals surface area contributed by atoms with Crippen molar-refractivity contribution in [3.05, 3.63) is 65.9 Å². The van der Waals surface area contributed by atoms with Crippen LogP contribution >= 0.6 is 0 Å². The predicted octanol–water partition coefficient (Wildman–Crippen LogP) is 3.19. The molecule has 2 heterocycles. The molecule has 0 fully saturated rings. The lowest BCUT2D eigenvalue weighted by Gasteiger charge is -2.02. The summed E-state index contributed by atoms with van der Waals surface area (Å²) in [6.45, 7) is 1.86. The number of carbonyl (C=O) groups excluding carboxylic acids is 1. The Hall–Kier alpha value is -2.82. The van der Waals surface area contributed by atoms with E-state index in [9.17, 15) is 9.18 Å². The van der Waals surface area contributed by atoms with Crippen molar-refractivity contribution in [2.24, 2.45) is 0 Å². The molecule has 0 radical (unpaired) electrons. The van der Waals surface area contributed by atoms with E-state index in [4.69, 9.17) is 0 Å². The van der Waals surface area contributed by atoms with Crippen molar-refractivity contribution in [3.8, 4) is 16.9 Å². The molecule has 0 amide bonds. The second-order valence-electron chi connectivity index (χ2n) is 4.68. The number of aromatic nitrogens is 3. The van der Waals surface area contributed by atoms with E-state index in [-0.39, 0.29) is 0 Å². The zero-order valence-electron chi connectivity index (χ0n) is 11.3. The number of hydrogen-bond donors (Lipinski definition) is 0. The second-order valence-corrected chi connectivity index (χ2v) is 4.68. The van der Waals surface area contributed by atoms with E-state index in [1.165, 1.54) is 6.07 Å². The van der Waals surface area contributed by atoms with Crippen molar-refractivity contribution in [3.63, 3.8) is 0 Å². The zero-order valence-corrected chi connectivity index (χ0v) is 11.3. The van der Waals surface area contributed by atoms with Crippen LogP contribution in [0.15, 0.2) is 48.9 Å². The highest BCUT2D eigenvalue weighted by atomic mass is 19.1. The fraction of sp³-hybridized carbons (Fsp3) is 0.0625. The van der Waals surface area contributed by atoms with Gasteiger partial charge in [-0.3, -0.25) is 9.78 Å². The molecule has 21 heavy (non-hydrogen) atoms. The molecule has 0 saturated heterocycles. The molecule has 0 aliphatic carbocycles. The minimum atomic E-state index is -0.399. The van der Waals surface area contributed by atoms with E-state index in [1.807, 2.05) is 6.92 Å². The van der Waals surface area contributed by atoms with Crippen molar-refractivity contribution in [2.45, 2.75) is 6.92 Å². The van der Waals surface area contributed by atoms with Gasteiger partial charge in [-0.25, -0.2) is 9.07 Å². The smallest absolute Gasteiger partial charge is 0.153 e. The molecule has 0 aliphatic rings. The Morgan fingerprint density at radius 3 is 2.67 bits per heavy atom. The molecule has 0 bridgehead atoms. The SMILES string of the molecule is Cc1ccc(F)c(-c2nn(-c3ccncc3)cc2C=O)c1. The number of benzene rings is 1.